The molecule has 0 amide bonds. The molecule has 0 N–H and O–H groups in total. The average Bonchev–Trinajstić information content (AvgIpc) is 3.67. The SMILES string of the molecule is c1ccc(-n2c3ccccc3n(-c3ccccc3)c3cc4c(cc32)c2cccc(-c3cccc5c3oc3ccccc35)c2c2ccccc2c2cccnc24)cc1. The third kappa shape index (κ3) is 4.71. The molecule has 57 heavy (non-hydrogen) atoms. The van der Waals surface area contributed by atoms with Crippen LogP contribution in [-0.4, -0.2) is 14.1 Å². The quantitative estimate of drug-likeness (QED) is 0.170. The second-order valence-corrected chi connectivity index (χ2v) is 14.7. The number of para-hydroxylation sites is 6. The first-order chi connectivity index (χ1) is 28.3. The molecule has 12 aromatic rings. The molecule has 0 bridgehead atoms. The fourth-order valence-electron chi connectivity index (χ4n) is 9.19. The molecule has 0 aliphatic rings. The minimum atomic E-state index is 0.889. The number of benzene rings is 8. The van der Waals surface area contributed by atoms with Crippen LogP contribution in [0.2, 0.25) is 0 Å². The number of nitrogens with zero attached hydrogens (tertiary/aromatic N) is 3. The molecular formula is C53H33N3O. The van der Waals surface area contributed by atoms with Crippen LogP contribution in [-0.2, 0) is 0 Å². The average molecular weight is 728 g/mol. The zero-order valence-corrected chi connectivity index (χ0v) is 30.8. The number of hydrogen-bond donors (Lipinski definition) is 0. The van der Waals surface area contributed by atoms with Crippen LogP contribution < -0.4 is 0 Å². The van der Waals surface area contributed by atoms with E-state index in [1.165, 1.54) is 5.39 Å². The minimum absolute atomic E-state index is 0.889. The number of rotatable bonds is 3. The maximum atomic E-state index is 6.70. The van der Waals surface area contributed by atoms with E-state index in [4.69, 9.17) is 9.40 Å². The fraction of sp³-hybridized carbons (Fsp3) is 0. The minimum Gasteiger partial charge on any atom is -0.455 e. The van der Waals surface area contributed by atoms with Crippen LogP contribution in [0.1, 0.15) is 0 Å². The molecule has 266 valence electrons. The molecule has 0 aliphatic heterocycles. The highest BCUT2D eigenvalue weighted by atomic mass is 16.3. The smallest absolute Gasteiger partial charge is 0.143 e. The number of aromatic nitrogens is 3. The molecule has 0 fully saturated rings. The lowest BCUT2D eigenvalue weighted by atomic mass is 9.90. The zero-order valence-electron chi connectivity index (χ0n) is 30.8. The lowest BCUT2D eigenvalue weighted by Crippen LogP contribution is -2.08. The van der Waals surface area contributed by atoms with E-state index in [-0.39, 0.29) is 0 Å². The molecule has 0 atom stereocenters. The number of fused-ring (bicyclic) bond motifs is 13. The molecule has 0 saturated carbocycles. The molecule has 0 spiro atoms. The lowest BCUT2D eigenvalue weighted by Gasteiger charge is -2.23. The Kier molecular flexibility index (Phi) is 6.89. The summed E-state index contributed by atoms with van der Waals surface area (Å²) in [6.07, 6.45) is 1.92. The Bertz CT molecular complexity index is 3630. The van der Waals surface area contributed by atoms with Crippen molar-refractivity contribution < 1.29 is 4.42 Å². The van der Waals surface area contributed by atoms with E-state index in [2.05, 4.69) is 197 Å². The summed E-state index contributed by atoms with van der Waals surface area (Å²) >= 11 is 0. The third-order valence-corrected chi connectivity index (χ3v) is 11.6. The van der Waals surface area contributed by atoms with E-state index in [9.17, 15) is 0 Å². The van der Waals surface area contributed by atoms with Gasteiger partial charge in [0, 0.05) is 44.7 Å². The molecule has 4 nitrogen and oxygen atoms in total. The molecule has 12 rings (SSSR count). The first-order valence-electron chi connectivity index (χ1n) is 19.4. The second kappa shape index (κ2) is 12.4. The van der Waals surface area contributed by atoms with Crippen molar-refractivity contribution in [3.63, 3.8) is 0 Å². The van der Waals surface area contributed by atoms with Gasteiger partial charge < -0.3 is 13.6 Å². The topological polar surface area (TPSA) is 35.9 Å². The van der Waals surface area contributed by atoms with E-state index < -0.39 is 0 Å². The van der Waals surface area contributed by atoms with Crippen LogP contribution in [0.3, 0.4) is 0 Å². The van der Waals surface area contributed by atoms with Crippen molar-refractivity contribution in [1.29, 1.82) is 0 Å². The monoisotopic (exact) mass is 727 g/mol. The highest BCUT2D eigenvalue weighted by molar-refractivity contribution is 6.29. The number of pyridine rings is 1. The Morgan fingerprint density at radius 2 is 0.877 bits per heavy atom. The van der Waals surface area contributed by atoms with Crippen molar-refractivity contribution >= 4 is 87.2 Å². The molecule has 3 heterocycles. The van der Waals surface area contributed by atoms with Crippen LogP contribution in [0.5, 0.6) is 0 Å². The Morgan fingerprint density at radius 3 is 1.60 bits per heavy atom. The lowest BCUT2D eigenvalue weighted by molar-refractivity contribution is 0.670. The molecule has 0 unspecified atom stereocenters. The summed E-state index contributed by atoms with van der Waals surface area (Å²) in [7, 11) is 0. The van der Waals surface area contributed by atoms with Crippen molar-refractivity contribution in [2.24, 2.45) is 0 Å². The predicted molar refractivity (Wildman–Crippen MR) is 238 cm³/mol. The Morgan fingerprint density at radius 1 is 0.351 bits per heavy atom. The van der Waals surface area contributed by atoms with Gasteiger partial charge in [0.2, 0.25) is 0 Å². The second-order valence-electron chi connectivity index (χ2n) is 14.7. The third-order valence-electron chi connectivity index (χ3n) is 11.6. The van der Waals surface area contributed by atoms with Crippen LogP contribution in [0.15, 0.2) is 205 Å². The Labute approximate surface area is 327 Å². The molecule has 0 saturated heterocycles. The highest BCUT2D eigenvalue weighted by Crippen LogP contribution is 2.44. The van der Waals surface area contributed by atoms with Crippen molar-refractivity contribution in [1.82, 2.24) is 14.1 Å². The molecule has 3 aromatic heterocycles. The van der Waals surface area contributed by atoms with Crippen LogP contribution in [0.25, 0.3) is 110 Å². The molecule has 0 radical (unpaired) electrons. The van der Waals surface area contributed by atoms with Gasteiger partial charge in [-0.2, -0.15) is 0 Å². The number of hydrogen-bond acceptors (Lipinski definition) is 2. The van der Waals surface area contributed by atoms with Gasteiger partial charge in [0.25, 0.3) is 0 Å². The summed E-state index contributed by atoms with van der Waals surface area (Å²) in [5.41, 5.74) is 11.5. The van der Waals surface area contributed by atoms with E-state index in [1.54, 1.807) is 0 Å². The molecular weight excluding hydrogens is 695 g/mol. The van der Waals surface area contributed by atoms with Gasteiger partial charge in [-0.1, -0.05) is 133 Å². The van der Waals surface area contributed by atoms with Gasteiger partial charge >= 0.3 is 0 Å². The first-order valence-corrected chi connectivity index (χ1v) is 19.4. The Balaban J connectivity index is 1.36. The van der Waals surface area contributed by atoms with E-state index in [1.807, 2.05) is 12.3 Å². The van der Waals surface area contributed by atoms with Gasteiger partial charge in [0.1, 0.15) is 11.2 Å². The van der Waals surface area contributed by atoms with Crippen molar-refractivity contribution in [3.05, 3.63) is 200 Å². The summed E-state index contributed by atoms with van der Waals surface area (Å²) in [5, 5.41) is 10.1. The van der Waals surface area contributed by atoms with Gasteiger partial charge in [0.05, 0.1) is 27.6 Å². The summed E-state index contributed by atoms with van der Waals surface area (Å²) in [6, 6.07) is 69.6. The summed E-state index contributed by atoms with van der Waals surface area (Å²) in [5.74, 6) is 0. The summed E-state index contributed by atoms with van der Waals surface area (Å²) < 4.78 is 11.5. The fourth-order valence-corrected chi connectivity index (χ4v) is 9.19. The summed E-state index contributed by atoms with van der Waals surface area (Å²) in [4.78, 5) is 5.20. The standard InChI is InChI=1S/C53H33N3O/c1-3-16-34(17-4-1)55-46-28-10-11-29-47(46)56(35-18-5-2-6-19-35)49-33-45-44(32-48(49)55)40-24-13-23-39(43-26-14-25-42-37-21-9-12-30-50(37)57-53(42)43)51(40)38-22-8-7-20-36(38)41-27-15-31-54-52(41)45/h1-33H. The zero-order chi connectivity index (χ0) is 37.5. The predicted octanol–water partition coefficient (Wildman–Crippen LogP) is 14.3. The first kappa shape index (κ1) is 31.6. The van der Waals surface area contributed by atoms with Gasteiger partial charge in [-0.15, -0.1) is 0 Å². The maximum absolute atomic E-state index is 6.70. The summed E-state index contributed by atoms with van der Waals surface area (Å²) in [6.45, 7) is 0. The van der Waals surface area contributed by atoms with Crippen molar-refractivity contribution in [3.8, 4) is 22.5 Å². The van der Waals surface area contributed by atoms with E-state index in [0.717, 1.165) is 104 Å². The normalized spacial score (nSPS) is 11.9. The largest absolute Gasteiger partial charge is 0.455 e. The molecule has 4 heteroatoms. The van der Waals surface area contributed by atoms with Crippen LogP contribution in [0, 0.1) is 0 Å². The van der Waals surface area contributed by atoms with Crippen molar-refractivity contribution in [2.75, 3.05) is 0 Å². The van der Waals surface area contributed by atoms with Gasteiger partial charge in [0.15, 0.2) is 0 Å². The van der Waals surface area contributed by atoms with E-state index >= 15 is 0 Å². The van der Waals surface area contributed by atoms with Crippen molar-refractivity contribution in [2.45, 2.75) is 0 Å². The van der Waals surface area contributed by atoms with Gasteiger partial charge in [-0.05, 0) is 93.2 Å². The van der Waals surface area contributed by atoms with Crippen LogP contribution >= 0.6 is 0 Å². The maximum Gasteiger partial charge on any atom is 0.143 e. The molecule has 9 aromatic carbocycles. The van der Waals surface area contributed by atoms with Gasteiger partial charge in [-0.25, -0.2) is 0 Å². The van der Waals surface area contributed by atoms with Crippen LogP contribution in [0.4, 0.5) is 0 Å². The van der Waals surface area contributed by atoms with Gasteiger partial charge in [-0.3, -0.25) is 4.98 Å². The Hall–Kier alpha value is -7.69. The highest BCUT2D eigenvalue weighted by Gasteiger charge is 2.20. The van der Waals surface area contributed by atoms with E-state index in [0.29, 0.717) is 0 Å². The number of furan rings is 1. The molecule has 0 aliphatic carbocycles.